The first-order valence-electron chi connectivity index (χ1n) is 9.74. The largest absolute Gasteiger partial charge is 0.481 e. The molecule has 1 saturated heterocycles. The van der Waals surface area contributed by atoms with Gasteiger partial charge >= 0.3 is 5.97 Å². The van der Waals surface area contributed by atoms with E-state index in [9.17, 15) is 9.90 Å². The lowest BCUT2D eigenvalue weighted by Gasteiger charge is -2.40. The van der Waals surface area contributed by atoms with E-state index in [4.69, 9.17) is 0 Å². The Morgan fingerprint density at radius 3 is 2.48 bits per heavy atom. The van der Waals surface area contributed by atoms with Gasteiger partial charge in [-0.2, -0.15) is 0 Å². The highest BCUT2D eigenvalue weighted by molar-refractivity contribution is 5.78. The zero-order valence-electron chi connectivity index (χ0n) is 15.2. The highest BCUT2D eigenvalue weighted by atomic mass is 16.4. The highest BCUT2D eigenvalue weighted by Gasteiger charge is 2.51. The number of hydrogen-bond acceptors (Lipinski definition) is 3. The van der Waals surface area contributed by atoms with Crippen molar-refractivity contribution in [3.8, 4) is 0 Å². The molecular weight excluding hydrogens is 312 g/mol. The minimum atomic E-state index is -0.594. The fraction of sp³-hybridized carbons (Fsp3) is 0.667. The van der Waals surface area contributed by atoms with E-state index >= 15 is 0 Å². The van der Waals surface area contributed by atoms with Crippen LogP contribution in [-0.2, 0) is 4.79 Å². The van der Waals surface area contributed by atoms with Crippen LogP contribution in [0.25, 0.3) is 0 Å². The number of carboxylic acid groups (broad SMARTS) is 1. The van der Waals surface area contributed by atoms with Gasteiger partial charge in [-0.3, -0.25) is 4.79 Å². The van der Waals surface area contributed by atoms with E-state index in [1.54, 1.807) is 0 Å². The van der Waals surface area contributed by atoms with Gasteiger partial charge in [0, 0.05) is 25.0 Å². The van der Waals surface area contributed by atoms with Crippen LogP contribution in [0.3, 0.4) is 0 Å². The lowest BCUT2D eigenvalue weighted by Crippen LogP contribution is -2.46. The Kier molecular flexibility index (Phi) is 4.37. The van der Waals surface area contributed by atoms with E-state index in [1.165, 1.54) is 24.8 Å². The molecule has 136 valence electrons. The quantitative estimate of drug-likeness (QED) is 0.799. The number of carbonyl (C=O) groups is 1. The molecule has 2 N–H and O–H groups in total. The predicted octanol–water partition coefficient (Wildman–Crippen LogP) is 3.10. The molecule has 1 aromatic carbocycles. The van der Waals surface area contributed by atoms with Gasteiger partial charge in [0.05, 0.1) is 5.41 Å². The van der Waals surface area contributed by atoms with Crippen LogP contribution in [0.4, 0.5) is 0 Å². The average Bonchev–Trinajstić information content (AvgIpc) is 3.52. The molecule has 4 rings (SSSR count). The molecule has 4 nitrogen and oxygen atoms in total. The lowest BCUT2D eigenvalue weighted by atomic mass is 9.80. The zero-order valence-corrected chi connectivity index (χ0v) is 15.2. The minimum Gasteiger partial charge on any atom is -0.481 e. The third kappa shape index (κ3) is 3.75. The molecule has 0 radical (unpaired) electrons. The van der Waals surface area contributed by atoms with E-state index in [-0.39, 0.29) is 0 Å². The smallest absolute Gasteiger partial charge is 0.310 e. The number of benzene rings is 1. The summed E-state index contributed by atoms with van der Waals surface area (Å²) in [6.45, 7) is 6.31. The molecule has 4 heteroatoms. The van der Waals surface area contributed by atoms with Crippen molar-refractivity contribution in [2.75, 3.05) is 26.2 Å². The third-order valence-corrected chi connectivity index (χ3v) is 6.71. The Morgan fingerprint density at radius 2 is 1.88 bits per heavy atom. The molecule has 2 atom stereocenters. The Labute approximate surface area is 150 Å². The standard InChI is InChI=1S/C21H30N2O2/c1-20(14-22-18-13-17(18)16-5-3-2-4-6-16)9-11-23(12-10-20)15-21(7-8-21)19(24)25/h2-6,17-18,22H,7-15H2,1H3,(H,24,25)/t17-,18+/m0/s1. The molecule has 0 unspecified atom stereocenters. The molecule has 0 bridgehead atoms. The van der Waals surface area contributed by atoms with Crippen molar-refractivity contribution in [3.63, 3.8) is 0 Å². The first kappa shape index (κ1) is 17.0. The Hall–Kier alpha value is -1.39. The van der Waals surface area contributed by atoms with Crippen LogP contribution in [0.15, 0.2) is 30.3 Å². The maximum Gasteiger partial charge on any atom is 0.310 e. The summed E-state index contributed by atoms with van der Waals surface area (Å²) in [6, 6.07) is 11.5. The zero-order chi connectivity index (χ0) is 17.5. The minimum absolute atomic E-state index is 0.347. The number of likely N-dealkylation sites (tertiary alicyclic amines) is 1. The Morgan fingerprint density at radius 1 is 1.20 bits per heavy atom. The van der Waals surface area contributed by atoms with Crippen LogP contribution >= 0.6 is 0 Å². The maximum atomic E-state index is 11.4. The molecule has 1 aliphatic heterocycles. The van der Waals surface area contributed by atoms with Crippen molar-refractivity contribution < 1.29 is 9.90 Å². The van der Waals surface area contributed by atoms with Crippen molar-refractivity contribution in [2.24, 2.45) is 10.8 Å². The fourth-order valence-corrected chi connectivity index (χ4v) is 4.31. The number of hydrogen-bond donors (Lipinski definition) is 2. The summed E-state index contributed by atoms with van der Waals surface area (Å²) >= 11 is 0. The second-order valence-corrected chi connectivity index (χ2v) is 8.91. The van der Waals surface area contributed by atoms with E-state index in [2.05, 4.69) is 47.5 Å². The van der Waals surface area contributed by atoms with Crippen molar-refractivity contribution >= 4 is 5.97 Å². The Balaban J connectivity index is 1.21. The summed E-state index contributed by atoms with van der Waals surface area (Å²) in [5, 5.41) is 13.2. The number of carboxylic acids is 1. The molecule has 2 aliphatic carbocycles. The molecule has 1 aromatic rings. The number of piperidine rings is 1. The topological polar surface area (TPSA) is 52.6 Å². The number of aliphatic carboxylic acids is 1. The van der Waals surface area contributed by atoms with Gasteiger partial charge < -0.3 is 15.3 Å². The molecular formula is C21H30N2O2. The van der Waals surface area contributed by atoms with Crippen LogP contribution in [0.5, 0.6) is 0 Å². The normalized spacial score (nSPS) is 30.0. The van der Waals surface area contributed by atoms with E-state index in [0.29, 0.717) is 17.4 Å². The van der Waals surface area contributed by atoms with E-state index in [0.717, 1.165) is 39.0 Å². The van der Waals surface area contributed by atoms with Crippen LogP contribution in [0, 0.1) is 10.8 Å². The van der Waals surface area contributed by atoms with Gasteiger partial charge in [0.15, 0.2) is 0 Å². The monoisotopic (exact) mass is 342 g/mol. The molecule has 2 saturated carbocycles. The number of rotatable bonds is 7. The van der Waals surface area contributed by atoms with Gasteiger partial charge in [0.2, 0.25) is 0 Å². The molecule has 25 heavy (non-hydrogen) atoms. The number of nitrogens with one attached hydrogen (secondary N) is 1. The molecule has 0 spiro atoms. The van der Waals surface area contributed by atoms with E-state index in [1.807, 2.05) is 0 Å². The van der Waals surface area contributed by atoms with Crippen molar-refractivity contribution in [2.45, 2.75) is 51.0 Å². The third-order valence-electron chi connectivity index (χ3n) is 6.71. The summed E-state index contributed by atoms with van der Waals surface area (Å²) in [5.41, 5.74) is 1.40. The summed E-state index contributed by atoms with van der Waals surface area (Å²) in [4.78, 5) is 13.8. The van der Waals surface area contributed by atoms with Gasteiger partial charge in [0.1, 0.15) is 0 Å². The average molecular weight is 342 g/mol. The lowest BCUT2D eigenvalue weighted by molar-refractivity contribution is -0.144. The second kappa shape index (κ2) is 6.40. The molecule has 0 amide bonds. The SMILES string of the molecule is CC1(CN[C@@H]2C[C@H]2c2ccccc2)CCN(CC2(C(=O)O)CC2)CC1. The predicted molar refractivity (Wildman–Crippen MR) is 98.7 cm³/mol. The summed E-state index contributed by atoms with van der Waals surface area (Å²) in [7, 11) is 0. The van der Waals surface area contributed by atoms with Crippen molar-refractivity contribution in [1.82, 2.24) is 10.2 Å². The van der Waals surface area contributed by atoms with Crippen LogP contribution in [-0.4, -0.2) is 48.2 Å². The molecule has 0 aromatic heterocycles. The molecule has 1 heterocycles. The highest BCUT2D eigenvalue weighted by Crippen LogP contribution is 2.47. The van der Waals surface area contributed by atoms with Gasteiger partial charge in [-0.1, -0.05) is 37.3 Å². The van der Waals surface area contributed by atoms with Gasteiger partial charge in [-0.25, -0.2) is 0 Å². The van der Waals surface area contributed by atoms with Crippen LogP contribution < -0.4 is 5.32 Å². The van der Waals surface area contributed by atoms with Gasteiger partial charge in [0.25, 0.3) is 0 Å². The number of nitrogens with zero attached hydrogens (tertiary/aromatic N) is 1. The maximum absolute atomic E-state index is 11.4. The molecule has 3 fully saturated rings. The fourth-order valence-electron chi connectivity index (χ4n) is 4.31. The second-order valence-electron chi connectivity index (χ2n) is 8.91. The van der Waals surface area contributed by atoms with Gasteiger partial charge in [-0.05, 0) is 56.2 Å². The van der Waals surface area contributed by atoms with Crippen molar-refractivity contribution in [3.05, 3.63) is 35.9 Å². The van der Waals surface area contributed by atoms with Crippen LogP contribution in [0.2, 0.25) is 0 Å². The van der Waals surface area contributed by atoms with Crippen LogP contribution in [0.1, 0.15) is 50.5 Å². The summed E-state index contributed by atoms with van der Waals surface area (Å²) in [6.07, 6.45) is 5.31. The first-order chi connectivity index (χ1) is 12.0. The summed E-state index contributed by atoms with van der Waals surface area (Å²) < 4.78 is 0. The summed E-state index contributed by atoms with van der Waals surface area (Å²) in [5.74, 6) is 0.0957. The molecule has 3 aliphatic rings. The van der Waals surface area contributed by atoms with E-state index < -0.39 is 11.4 Å². The Bertz CT molecular complexity index is 618. The van der Waals surface area contributed by atoms with Crippen molar-refractivity contribution in [1.29, 1.82) is 0 Å². The first-order valence-corrected chi connectivity index (χ1v) is 9.74. The van der Waals surface area contributed by atoms with Gasteiger partial charge in [-0.15, -0.1) is 0 Å².